The van der Waals surface area contributed by atoms with E-state index in [4.69, 9.17) is 15.0 Å². The zero-order valence-corrected chi connectivity index (χ0v) is 17.5. The monoisotopic (exact) mass is 468 g/mol. The van der Waals surface area contributed by atoms with Crippen molar-refractivity contribution in [3.05, 3.63) is 69.7 Å². The second-order valence-electron chi connectivity index (χ2n) is 6.91. The van der Waals surface area contributed by atoms with Crippen molar-refractivity contribution >= 4 is 32.3 Å². The smallest absolute Gasteiger partial charge is 0.450 e. The van der Waals surface area contributed by atoms with Crippen LogP contribution in [0.5, 0.6) is 0 Å². The van der Waals surface area contributed by atoms with E-state index in [9.17, 15) is 8.42 Å². The minimum atomic E-state index is -3.48. The molecule has 1 saturated carbocycles. The van der Waals surface area contributed by atoms with Crippen LogP contribution in [0.4, 0.5) is 4.79 Å². The molecular formula is C19H21BrN2O5S. The predicted octanol–water partition coefficient (Wildman–Crippen LogP) is 3.62. The molecule has 150 valence electrons. The third kappa shape index (κ3) is 4.72. The predicted molar refractivity (Wildman–Crippen MR) is 108 cm³/mol. The molecule has 0 saturated heterocycles. The molecule has 0 spiro atoms. The maximum Gasteiger partial charge on any atom is 0.503 e. The van der Waals surface area contributed by atoms with Crippen LogP contribution in [0.1, 0.15) is 29.5 Å². The first kappa shape index (κ1) is 20.8. The van der Waals surface area contributed by atoms with Crippen molar-refractivity contribution in [2.24, 2.45) is 5.92 Å². The minimum absolute atomic E-state index is 0.0205. The van der Waals surface area contributed by atoms with Gasteiger partial charge in [-0.05, 0) is 34.7 Å². The highest BCUT2D eigenvalue weighted by molar-refractivity contribution is 9.10. The molecule has 3 atom stereocenters. The average molecular weight is 469 g/mol. The molecular weight excluding hydrogens is 448 g/mol. The highest BCUT2D eigenvalue weighted by atomic mass is 79.9. The van der Waals surface area contributed by atoms with Gasteiger partial charge in [-0.1, -0.05) is 59.3 Å². The summed E-state index contributed by atoms with van der Waals surface area (Å²) in [6.45, 7) is 2.97. The highest BCUT2D eigenvalue weighted by Gasteiger charge is 2.50. The van der Waals surface area contributed by atoms with E-state index >= 15 is 0 Å². The van der Waals surface area contributed by atoms with Crippen LogP contribution < -0.4 is 4.72 Å². The molecule has 2 aromatic rings. The van der Waals surface area contributed by atoms with Crippen molar-refractivity contribution < 1.29 is 23.4 Å². The van der Waals surface area contributed by atoms with Crippen molar-refractivity contribution in [1.29, 1.82) is 0 Å². The lowest BCUT2D eigenvalue weighted by Gasteiger charge is -2.16. The number of hydrogen-bond donors (Lipinski definition) is 3. The fourth-order valence-corrected chi connectivity index (χ4v) is 5.46. The molecule has 1 aliphatic carbocycles. The first-order valence-electron chi connectivity index (χ1n) is 8.70. The lowest BCUT2D eigenvalue weighted by Crippen LogP contribution is -2.39. The Morgan fingerprint density at radius 1 is 1.11 bits per heavy atom. The van der Waals surface area contributed by atoms with Gasteiger partial charge in [0.15, 0.2) is 0 Å². The Morgan fingerprint density at radius 2 is 1.71 bits per heavy atom. The topological polar surface area (TPSA) is 107 Å². The average Bonchev–Trinajstić information content (AvgIpc) is 3.04. The second-order valence-corrected chi connectivity index (χ2v) is 9.53. The van der Waals surface area contributed by atoms with Crippen LogP contribution in [-0.2, 0) is 23.3 Å². The largest absolute Gasteiger partial charge is 0.503 e. The molecule has 4 rings (SSSR count). The van der Waals surface area contributed by atoms with Gasteiger partial charge in [0.1, 0.15) is 0 Å². The number of fused-ring (bicyclic) bond motifs is 1. The molecule has 28 heavy (non-hydrogen) atoms. The lowest BCUT2D eigenvalue weighted by molar-refractivity contribution is 0.137. The van der Waals surface area contributed by atoms with E-state index in [-0.39, 0.29) is 12.0 Å². The number of carboxylic acid groups (broad SMARTS) is 2. The molecule has 0 bridgehead atoms. The zero-order chi connectivity index (χ0) is 20.5. The molecule has 7 nitrogen and oxygen atoms in total. The molecule has 2 aliphatic rings. The Balaban J connectivity index is 0.000000516. The Kier molecular flexibility index (Phi) is 6.09. The van der Waals surface area contributed by atoms with Crippen molar-refractivity contribution in [3.63, 3.8) is 0 Å². The van der Waals surface area contributed by atoms with Gasteiger partial charge in [0.25, 0.3) is 10.2 Å². The van der Waals surface area contributed by atoms with E-state index in [2.05, 4.69) is 39.7 Å². The Labute approximate surface area is 172 Å². The van der Waals surface area contributed by atoms with Crippen LogP contribution in [0.3, 0.4) is 0 Å². The van der Waals surface area contributed by atoms with Gasteiger partial charge in [-0.3, -0.25) is 0 Å². The van der Waals surface area contributed by atoms with E-state index in [0.29, 0.717) is 19.0 Å². The van der Waals surface area contributed by atoms with Crippen LogP contribution >= 0.6 is 15.9 Å². The quantitative estimate of drug-likeness (QED) is 0.634. The Hall–Kier alpha value is -1.94. The van der Waals surface area contributed by atoms with Gasteiger partial charge in [-0.25, -0.2) is 4.79 Å². The van der Waals surface area contributed by atoms with E-state index in [1.807, 2.05) is 36.4 Å². The summed E-state index contributed by atoms with van der Waals surface area (Å²) in [6.07, 6.45) is -1.83. The molecule has 0 unspecified atom stereocenters. The molecule has 3 N–H and O–H groups in total. The molecule has 0 amide bonds. The van der Waals surface area contributed by atoms with E-state index in [1.54, 1.807) is 0 Å². The third-order valence-corrected chi connectivity index (χ3v) is 7.05. The van der Waals surface area contributed by atoms with Crippen molar-refractivity contribution in [1.82, 2.24) is 9.03 Å². The van der Waals surface area contributed by atoms with Crippen LogP contribution in [-0.4, -0.2) is 35.1 Å². The summed E-state index contributed by atoms with van der Waals surface area (Å²) in [7, 11) is -3.48. The number of nitrogens with zero attached hydrogens (tertiary/aromatic N) is 1. The number of carbonyl (C=O) groups is 1. The molecule has 0 aromatic heterocycles. The molecule has 1 heterocycles. The van der Waals surface area contributed by atoms with Crippen LogP contribution in [0.25, 0.3) is 0 Å². The number of rotatable bonds is 4. The SMILES string of the molecule is C[C@H]1[C@H](NS(=O)(=O)N2Cc3ccc(Br)cc3C2)[C@H]1c1ccccc1.O=C(O)O. The number of nitrogens with one attached hydrogen (secondary N) is 1. The summed E-state index contributed by atoms with van der Waals surface area (Å²) in [5.41, 5.74) is 3.34. The minimum Gasteiger partial charge on any atom is -0.450 e. The highest BCUT2D eigenvalue weighted by Crippen LogP contribution is 2.47. The zero-order valence-electron chi connectivity index (χ0n) is 15.1. The van der Waals surface area contributed by atoms with Gasteiger partial charge < -0.3 is 10.2 Å². The van der Waals surface area contributed by atoms with Crippen molar-refractivity contribution in [2.75, 3.05) is 0 Å². The summed E-state index contributed by atoms with van der Waals surface area (Å²) in [4.78, 5) is 8.56. The van der Waals surface area contributed by atoms with Crippen molar-refractivity contribution in [2.45, 2.75) is 32.0 Å². The molecule has 0 radical (unpaired) electrons. The number of benzene rings is 2. The lowest BCUT2D eigenvalue weighted by atomic mass is 10.1. The van der Waals surface area contributed by atoms with Crippen LogP contribution in [0.2, 0.25) is 0 Å². The van der Waals surface area contributed by atoms with E-state index in [1.165, 1.54) is 9.87 Å². The molecule has 9 heteroatoms. The van der Waals surface area contributed by atoms with Gasteiger partial charge in [0.05, 0.1) is 0 Å². The summed E-state index contributed by atoms with van der Waals surface area (Å²) in [5, 5.41) is 13.9. The van der Waals surface area contributed by atoms with E-state index in [0.717, 1.165) is 15.6 Å². The van der Waals surface area contributed by atoms with E-state index < -0.39 is 16.4 Å². The standard InChI is InChI=1S/C18H19BrN2O2S.CH2O3/c1-12-17(13-5-3-2-4-6-13)18(12)20-24(22,23)21-10-14-7-8-16(19)9-15(14)11-21;2-1(3)4/h2-9,12,17-18,20H,10-11H2,1H3;(H2,2,3,4)/t12-,17-,18+;/m1./s1. The first-order chi connectivity index (χ1) is 13.2. The maximum absolute atomic E-state index is 12.8. The molecule has 1 fully saturated rings. The molecule has 2 aromatic carbocycles. The first-order valence-corrected chi connectivity index (χ1v) is 10.9. The van der Waals surface area contributed by atoms with Gasteiger partial charge in [-0.2, -0.15) is 17.4 Å². The Bertz CT molecular complexity index is 964. The third-order valence-electron chi connectivity index (χ3n) is 5.05. The summed E-state index contributed by atoms with van der Waals surface area (Å²) in [6, 6.07) is 16.0. The van der Waals surface area contributed by atoms with Gasteiger partial charge in [-0.15, -0.1) is 0 Å². The summed E-state index contributed by atoms with van der Waals surface area (Å²) < 4.78 is 30.9. The van der Waals surface area contributed by atoms with Gasteiger partial charge in [0.2, 0.25) is 0 Å². The molecule has 1 aliphatic heterocycles. The normalized spacial score (nSPS) is 23.4. The fourth-order valence-electron chi connectivity index (χ4n) is 3.58. The van der Waals surface area contributed by atoms with Crippen molar-refractivity contribution in [3.8, 4) is 0 Å². The summed E-state index contributed by atoms with van der Waals surface area (Å²) >= 11 is 3.44. The van der Waals surface area contributed by atoms with Crippen LogP contribution in [0, 0.1) is 5.92 Å². The fraction of sp³-hybridized carbons (Fsp3) is 0.316. The number of halogens is 1. The van der Waals surface area contributed by atoms with Gasteiger partial charge >= 0.3 is 6.16 Å². The summed E-state index contributed by atoms with van der Waals surface area (Å²) in [5.74, 6) is 0.585. The second kappa shape index (κ2) is 8.20. The van der Waals surface area contributed by atoms with Crippen LogP contribution in [0.15, 0.2) is 53.0 Å². The number of hydrogen-bond acceptors (Lipinski definition) is 3. The maximum atomic E-state index is 12.8. The Morgan fingerprint density at radius 3 is 2.36 bits per heavy atom. The van der Waals surface area contributed by atoms with Gasteiger partial charge in [0, 0.05) is 29.5 Å².